The zero-order valence-corrected chi connectivity index (χ0v) is 7.48. The Kier molecular flexibility index (Phi) is 4.33. The molecule has 0 aromatic rings. The molecule has 0 heterocycles. The lowest BCUT2D eigenvalue weighted by atomic mass is 9.87. The van der Waals surface area contributed by atoms with Crippen LogP contribution >= 0.6 is 0 Å². The molecule has 0 aliphatic rings. The summed E-state index contributed by atoms with van der Waals surface area (Å²) in [5, 5.41) is 0. The number of Topliss-reactive ketones (excluding diaryl/α,β-unsaturated/α-hetero) is 1. The third kappa shape index (κ3) is 2.51. The van der Waals surface area contributed by atoms with Gasteiger partial charge in [0.25, 0.3) is 0 Å². The fraction of sp³-hybridized carbons (Fsp3) is 0.889. The van der Waals surface area contributed by atoms with Crippen LogP contribution < -0.4 is 0 Å². The first kappa shape index (κ1) is 9.67. The van der Waals surface area contributed by atoms with Gasteiger partial charge in [0, 0.05) is 5.92 Å². The van der Waals surface area contributed by atoms with E-state index in [4.69, 9.17) is 0 Å². The molecular weight excluding hydrogens is 124 g/mol. The largest absolute Gasteiger partial charge is 0.300 e. The van der Waals surface area contributed by atoms with E-state index in [-0.39, 0.29) is 0 Å². The predicted molar refractivity (Wildman–Crippen MR) is 43.9 cm³/mol. The summed E-state index contributed by atoms with van der Waals surface area (Å²) in [6.45, 7) is 8.06. The zero-order valence-electron chi connectivity index (χ0n) is 7.48. The van der Waals surface area contributed by atoms with Gasteiger partial charge in [0.15, 0.2) is 0 Å². The van der Waals surface area contributed by atoms with Crippen LogP contribution in [0.1, 0.15) is 40.5 Å². The van der Waals surface area contributed by atoms with Gasteiger partial charge in [0.2, 0.25) is 0 Å². The quantitative estimate of drug-likeness (QED) is 0.589. The van der Waals surface area contributed by atoms with E-state index in [1.807, 2.05) is 0 Å². The Bertz CT molecular complexity index is 107. The maximum Gasteiger partial charge on any atom is 0.133 e. The van der Waals surface area contributed by atoms with Crippen molar-refractivity contribution in [2.45, 2.75) is 40.5 Å². The second-order valence-electron chi connectivity index (χ2n) is 3.01. The van der Waals surface area contributed by atoms with Gasteiger partial charge in [-0.1, -0.05) is 27.2 Å². The molecule has 0 aliphatic carbocycles. The minimum atomic E-state index is 0.296. The van der Waals surface area contributed by atoms with Crippen LogP contribution in [0.25, 0.3) is 0 Å². The van der Waals surface area contributed by atoms with E-state index in [9.17, 15) is 4.79 Å². The first-order chi connectivity index (χ1) is 4.63. The first-order valence-corrected chi connectivity index (χ1v) is 4.13. The molecule has 0 amide bonds. The van der Waals surface area contributed by atoms with Gasteiger partial charge in [0.1, 0.15) is 5.78 Å². The molecule has 0 aromatic carbocycles. The molecule has 0 spiro atoms. The van der Waals surface area contributed by atoms with Crippen molar-refractivity contribution >= 4 is 5.78 Å². The van der Waals surface area contributed by atoms with Gasteiger partial charge in [-0.25, -0.2) is 0 Å². The standard InChI is InChI=1S/C9H18O/c1-5-7(3)9(6-2)8(4)10/h7,9H,5-6H2,1-4H3. The Morgan fingerprint density at radius 1 is 1.30 bits per heavy atom. The minimum Gasteiger partial charge on any atom is -0.300 e. The molecule has 0 fully saturated rings. The van der Waals surface area contributed by atoms with Crippen molar-refractivity contribution in [3.05, 3.63) is 0 Å². The number of rotatable bonds is 4. The van der Waals surface area contributed by atoms with Crippen molar-refractivity contribution in [3.63, 3.8) is 0 Å². The van der Waals surface area contributed by atoms with E-state index in [1.54, 1.807) is 6.92 Å². The van der Waals surface area contributed by atoms with Crippen molar-refractivity contribution in [3.8, 4) is 0 Å². The highest BCUT2D eigenvalue weighted by atomic mass is 16.1. The molecule has 0 N–H and O–H groups in total. The van der Waals surface area contributed by atoms with Crippen LogP contribution in [-0.4, -0.2) is 5.78 Å². The second-order valence-corrected chi connectivity index (χ2v) is 3.01. The summed E-state index contributed by atoms with van der Waals surface area (Å²) in [5.74, 6) is 1.20. The lowest BCUT2D eigenvalue weighted by molar-refractivity contribution is -0.122. The molecule has 0 bridgehead atoms. The minimum absolute atomic E-state index is 0.296. The highest BCUT2D eigenvalue weighted by Gasteiger charge is 2.17. The summed E-state index contributed by atoms with van der Waals surface area (Å²) < 4.78 is 0. The highest BCUT2D eigenvalue weighted by molar-refractivity contribution is 5.78. The topological polar surface area (TPSA) is 17.1 Å². The van der Waals surface area contributed by atoms with Gasteiger partial charge in [0.05, 0.1) is 0 Å². The molecule has 0 saturated carbocycles. The SMILES string of the molecule is CCC(C)C(CC)C(C)=O. The fourth-order valence-corrected chi connectivity index (χ4v) is 1.38. The van der Waals surface area contributed by atoms with Gasteiger partial charge in [-0.2, -0.15) is 0 Å². The van der Waals surface area contributed by atoms with Gasteiger partial charge in [-0.3, -0.25) is 4.79 Å². The molecular formula is C9H18O. The van der Waals surface area contributed by atoms with Crippen LogP contribution in [0.3, 0.4) is 0 Å². The molecule has 2 atom stereocenters. The van der Waals surface area contributed by atoms with E-state index in [0.717, 1.165) is 12.8 Å². The molecule has 1 nitrogen and oxygen atoms in total. The van der Waals surface area contributed by atoms with Crippen molar-refractivity contribution < 1.29 is 4.79 Å². The highest BCUT2D eigenvalue weighted by Crippen LogP contribution is 2.18. The van der Waals surface area contributed by atoms with Gasteiger partial charge in [-0.15, -0.1) is 0 Å². The van der Waals surface area contributed by atoms with Crippen molar-refractivity contribution in [1.29, 1.82) is 0 Å². The van der Waals surface area contributed by atoms with Crippen LogP contribution in [0.15, 0.2) is 0 Å². The normalized spacial score (nSPS) is 16.4. The van der Waals surface area contributed by atoms with Crippen LogP contribution in [0.4, 0.5) is 0 Å². The summed E-state index contributed by atoms with van der Waals surface area (Å²) in [5.41, 5.74) is 0. The lowest BCUT2D eigenvalue weighted by Crippen LogP contribution is -2.17. The Labute approximate surface area is 63.8 Å². The molecule has 2 unspecified atom stereocenters. The smallest absolute Gasteiger partial charge is 0.133 e. The van der Waals surface area contributed by atoms with Crippen molar-refractivity contribution in [2.75, 3.05) is 0 Å². The number of ketones is 1. The fourth-order valence-electron chi connectivity index (χ4n) is 1.38. The molecule has 10 heavy (non-hydrogen) atoms. The Hall–Kier alpha value is -0.330. The average molecular weight is 142 g/mol. The molecule has 1 heteroatoms. The summed E-state index contributed by atoms with van der Waals surface area (Å²) in [4.78, 5) is 11.0. The first-order valence-electron chi connectivity index (χ1n) is 4.13. The third-order valence-corrected chi connectivity index (χ3v) is 2.29. The summed E-state index contributed by atoms with van der Waals surface area (Å²) in [7, 11) is 0. The lowest BCUT2D eigenvalue weighted by Gasteiger charge is -2.17. The molecule has 0 rings (SSSR count). The summed E-state index contributed by atoms with van der Waals surface area (Å²) in [6.07, 6.45) is 2.10. The number of carbonyl (C=O) groups is 1. The predicted octanol–water partition coefficient (Wildman–Crippen LogP) is 2.65. The zero-order chi connectivity index (χ0) is 8.15. The Morgan fingerprint density at radius 2 is 1.80 bits per heavy atom. The number of hydrogen-bond donors (Lipinski definition) is 0. The monoisotopic (exact) mass is 142 g/mol. The average Bonchev–Trinajstić information content (AvgIpc) is 1.88. The van der Waals surface area contributed by atoms with Gasteiger partial charge < -0.3 is 0 Å². The Balaban J connectivity index is 3.92. The third-order valence-electron chi connectivity index (χ3n) is 2.29. The van der Waals surface area contributed by atoms with Gasteiger partial charge >= 0.3 is 0 Å². The number of hydrogen-bond acceptors (Lipinski definition) is 1. The van der Waals surface area contributed by atoms with Crippen LogP contribution in [0.5, 0.6) is 0 Å². The van der Waals surface area contributed by atoms with E-state index in [0.29, 0.717) is 17.6 Å². The van der Waals surface area contributed by atoms with Crippen molar-refractivity contribution in [1.82, 2.24) is 0 Å². The van der Waals surface area contributed by atoms with E-state index >= 15 is 0 Å². The summed E-state index contributed by atoms with van der Waals surface area (Å²) in [6, 6.07) is 0. The molecule has 60 valence electrons. The van der Waals surface area contributed by atoms with E-state index < -0.39 is 0 Å². The Morgan fingerprint density at radius 3 is 1.90 bits per heavy atom. The molecule has 0 saturated heterocycles. The van der Waals surface area contributed by atoms with Crippen LogP contribution in [0.2, 0.25) is 0 Å². The van der Waals surface area contributed by atoms with Crippen molar-refractivity contribution in [2.24, 2.45) is 11.8 Å². The maximum atomic E-state index is 11.0. The molecule has 0 aliphatic heterocycles. The second kappa shape index (κ2) is 4.48. The molecule has 0 radical (unpaired) electrons. The summed E-state index contributed by atoms with van der Waals surface area (Å²) >= 11 is 0. The van der Waals surface area contributed by atoms with Crippen LogP contribution in [-0.2, 0) is 4.79 Å². The van der Waals surface area contributed by atoms with E-state index in [1.165, 1.54) is 0 Å². The number of carbonyl (C=O) groups excluding carboxylic acids is 1. The van der Waals surface area contributed by atoms with Gasteiger partial charge in [-0.05, 0) is 19.3 Å². The molecule has 0 aromatic heterocycles. The van der Waals surface area contributed by atoms with Crippen LogP contribution in [0, 0.1) is 11.8 Å². The van der Waals surface area contributed by atoms with E-state index in [2.05, 4.69) is 20.8 Å². The maximum absolute atomic E-state index is 11.0.